The number of likely N-dealkylation sites (tertiary alicyclic amines) is 1. The molecule has 2 atom stereocenters. The maximum atomic E-state index is 15.5. The van der Waals surface area contributed by atoms with E-state index < -0.39 is 18.1 Å². The molecule has 0 spiro atoms. The van der Waals surface area contributed by atoms with Crippen LogP contribution in [0.25, 0.3) is 5.57 Å². The summed E-state index contributed by atoms with van der Waals surface area (Å²) in [6, 6.07) is 21.0. The number of anilines is 2. The van der Waals surface area contributed by atoms with Crippen molar-refractivity contribution >= 4 is 28.5 Å². The molecule has 46 heavy (non-hydrogen) atoms. The lowest BCUT2D eigenvalue weighted by Gasteiger charge is -2.45. The zero-order valence-electron chi connectivity index (χ0n) is 25.7. The van der Waals surface area contributed by atoms with E-state index in [1.165, 1.54) is 12.1 Å². The first kappa shape index (κ1) is 33.1. The van der Waals surface area contributed by atoms with Gasteiger partial charge in [-0.05, 0) is 79.4 Å². The number of nitrogens with two attached hydrogens (primary N) is 1. The molecule has 0 amide bonds. The molecule has 2 fully saturated rings. The summed E-state index contributed by atoms with van der Waals surface area (Å²) < 4.78 is 31.0. The number of aliphatic hydroxyl groups is 2. The molecule has 3 aromatic rings. The SMILES string of the molecule is N=C(N)/C(=C\C(=N)c1ccccc1O)c1ccc(N2CCC(N3CCC(c4ccc(NC(O)CCO)cc4)C(F)(F)C3)CC2)cc1. The third-order valence-electron chi connectivity index (χ3n) is 8.97. The third-order valence-corrected chi connectivity index (χ3v) is 8.97. The van der Waals surface area contributed by atoms with Crippen molar-refractivity contribution in [3.63, 3.8) is 0 Å². The zero-order chi connectivity index (χ0) is 32.8. The van der Waals surface area contributed by atoms with Gasteiger partial charge in [0.05, 0.1) is 18.2 Å². The number of piperidine rings is 2. The number of alkyl halides is 2. The number of amidine groups is 1. The molecule has 0 radical (unpaired) electrons. The molecule has 2 unspecified atom stereocenters. The standard InChI is InChI=1S/C35H42F2N6O3/c36-35(37)22-43(19-15-30(35)24-5-9-25(10-6-24)41-33(46)16-20-44)27-13-17-42(18-14-27)26-11-7-23(8-12-26)29(34(39)40)21-31(38)28-3-1-2-4-32(28)45/h1-12,21,27,30,33,38,41,44-46H,13-20,22H2,(H3,39,40)/b29-21-,38-31?. The molecule has 244 valence electrons. The van der Waals surface area contributed by atoms with E-state index in [1.54, 1.807) is 42.5 Å². The number of benzene rings is 3. The van der Waals surface area contributed by atoms with Gasteiger partial charge in [-0.1, -0.05) is 36.4 Å². The highest BCUT2D eigenvalue weighted by atomic mass is 19.3. The summed E-state index contributed by atoms with van der Waals surface area (Å²) in [4.78, 5) is 4.18. The fourth-order valence-electron chi connectivity index (χ4n) is 6.47. The quantitative estimate of drug-likeness (QED) is 0.0894. The monoisotopic (exact) mass is 632 g/mol. The number of halogens is 2. The van der Waals surface area contributed by atoms with Crippen LogP contribution in [0.15, 0.2) is 78.9 Å². The van der Waals surface area contributed by atoms with Crippen molar-refractivity contribution < 1.29 is 24.1 Å². The van der Waals surface area contributed by atoms with Gasteiger partial charge in [0.2, 0.25) is 0 Å². The normalized spacial score (nSPS) is 19.9. The van der Waals surface area contributed by atoms with Crippen LogP contribution >= 0.6 is 0 Å². The summed E-state index contributed by atoms with van der Waals surface area (Å²) in [5.74, 6) is -3.93. The van der Waals surface area contributed by atoms with Gasteiger partial charge in [0.15, 0.2) is 0 Å². The minimum atomic E-state index is -2.87. The number of phenols is 1. The second-order valence-corrected chi connectivity index (χ2v) is 12.0. The number of phenolic OH excluding ortho intramolecular Hbond substituents is 1. The Bertz CT molecular complexity index is 1540. The van der Waals surface area contributed by atoms with Crippen molar-refractivity contribution in [3.8, 4) is 5.75 Å². The van der Waals surface area contributed by atoms with Gasteiger partial charge in [-0.3, -0.25) is 10.3 Å². The molecule has 0 bridgehead atoms. The molecular formula is C35H42F2N6O3. The lowest BCUT2D eigenvalue weighted by atomic mass is 9.85. The Balaban J connectivity index is 1.16. The van der Waals surface area contributed by atoms with Crippen molar-refractivity contribution in [2.75, 3.05) is 43.0 Å². The number of hydrogen-bond donors (Lipinski definition) is 7. The van der Waals surface area contributed by atoms with Crippen molar-refractivity contribution in [1.29, 1.82) is 10.8 Å². The number of allylic oxidation sites excluding steroid dienone is 1. The van der Waals surface area contributed by atoms with Crippen LogP contribution in [0.4, 0.5) is 20.2 Å². The lowest BCUT2D eigenvalue weighted by Crippen LogP contribution is -2.54. The van der Waals surface area contributed by atoms with Crippen molar-refractivity contribution in [2.45, 2.75) is 49.8 Å². The van der Waals surface area contributed by atoms with E-state index in [9.17, 15) is 10.2 Å². The van der Waals surface area contributed by atoms with E-state index in [0.717, 1.165) is 31.6 Å². The second-order valence-electron chi connectivity index (χ2n) is 12.0. The van der Waals surface area contributed by atoms with Gasteiger partial charge in [-0.25, -0.2) is 8.78 Å². The average molecular weight is 633 g/mol. The number of aliphatic hydroxyl groups excluding tert-OH is 2. The summed E-state index contributed by atoms with van der Waals surface area (Å²) in [6.07, 6.45) is 2.67. The summed E-state index contributed by atoms with van der Waals surface area (Å²) in [5, 5.41) is 48.2. The first-order chi connectivity index (χ1) is 22.1. The molecule has 0 aromatic heterocycles. The summed E-state index contributed by atoms with van der Waals surface area (Å²) in [5.41, 5.74) is 9.52. The number of hydrogen-bond acceptors (Lipinski definition) is 8. The Morgan fingerprint density at radius 2 is 1.65 bits per heavy atom. The van der Waals surface area contributed by atoms with E-state index in [2.05, 4.69) is 10.2 Å². The first-order valence-corrected chi connectivity index (χ1v) is 15.6. The van der Waals surface area contributed by atoms with Crippen molar-refractivity contribution in [1.82, 2.24) is 4.90 Å². The molecule has 11 heteroatoms. The Labute approximate surface area is 268 Å². The predicted octanol–water partition coefficient (Wildman–Crippen LogP) is 4.99. The Morgan fingerprint density at radius 1 is 0.978 bits per heavy atom. The van der Waals surface area contributed by atoms with Crippen LogP contribution < -0.4 is 16.0 Å². The molecule has 2 saturated heterocycles. The molecule has 0 saturated carbocycles. The molecule has 2 heterocycles. The Hall–Kier alpha value is -4.32. The molecule has 2 aliphatic rings. The van der Waals surface area contributed by atoms with Gasteiger partial charge in [-0.15, -0.1) is 0 Å². The van der Waals surface area contributed by atoms with E-state index >= 15 is 8.78 Å². The van der Waals surface area contributed by atoms with Crippen LogP contribution in [0.1, 0.15) is 48.3 Å². The van der Waals surface area contributed by atoms with Crippen LogP contribution in [0, 0.1) is 10.8 Å². The van der Waals surface area contributed by atoms with Crippen molar-refractivity contribution in [3.05, 3.63) is 95.6 Å². The van der Waals surface area contributed by atoms with Gasteiger partial charge in [0.25, 0.3) is 5.92 Å². The Kier molecular flexibility index (Phi) is 10.4. The summed E-state index contributed by atoms with van der Waals surface area (Å²) >= 11 is 0. The van der Waals surface area contributed by atoms with Crippen LogP contribution in [-0.4, -0.2) is 82.7 Å². The van der Waals surface area contributed by atoms with Gasteiger partial charge in [0, 0.05) is 54.7 Å². The highest BCUT2D eigenvalue weighted by Crippen LogP contribution is 2.42. The third kappa shape index (κ3) is 7.72. The Morgan fingerprint density at radius 3 is 2.26 bits per heavy atom. The number of nitrogens with zero attached hydrogens (tertiary/aromatic N) is 2. The van der Waals surface area contributed by atoms with E-state index in [1.807, 2.05) is 29.2 Å². The van der Waals surface area contributed by atoms with Crippen LogP contribution in [0.3, 0.4) is 0 Å². The molecule has 0 aliphatic carbocycles. The molecular weight excluding hydrogens is 590 g/mol. The van der Waals surface area contributed by atoms with E-state index in [-0.39, 0.29) is 42.9 Å². The summed E-state index contributed by atoms with van der Waals surface area (Å²) in [7, 11) is 0. The topological polar surface area (TPSA) is 153 Å². The van der Waals surface area contributed by atoms with Crippen molar-refractivity contribution in [2.24, 2.45) is 5.73 Å². The minimum Gasteiger partial charge on any atom is -0.507 e. The second kappa shape index (κ2) is 14.4. The van der Waals surface area contributed by atoms with Gasteiger partial charge < -0.3 is 36.7 Å². The summed E-state index contributed by atoms with van der Waals surface area (Å²) in [6.45, 7) is 1.65. The smallest absolute Gasteiger partial charge is 0.267 e. The fourth-order valence-corrected chi connectivity index (χ4v) is 6.47. The van der Waals surface area contributed by atoms with E-state index in [0.29, 0.717) is 40.9 Å². The molecule has 2 aliphatic heterocycles. The van der Waals surface area contributed by atoms with Crippen LogP contribution in [0.5, 0.6) is 5.75 Å². The van der Waals surface area contributed by atoms with Crippen LogP contribution in [0.2, 0.25) is 0 Å². The van der Waals surface area contributed by atoms with Gasteiger partial charge in [-0.2, -0.15) is 0 Å². The van der Waals surface area contributed by atoms with Crippen LogP contribution in [-0.2, 0) is 0 Å². The number of para-hydroxylation sites is 1. The molecule has 8 N–H and O–H groups in total. The highest BCUT2D eigenvalue weighted by molar-refractivity contribution is 6.27. The predicted molar refractivity (Wildman–Crippen MR) is 178 cm³/mol. The largest absolute Gasteiger partial charge is 0.507 e. The zero-order valence-corrected chi connectivity index (χ0v) is 25.7. The highest BCUT2D eigenvalue weighted by Gasteiger charge is 2.46. The molecule has 5 rings (SSSR count). The minimum absolute atomic E-state index is 0.0186. The van der Waals surface area contributed by atoms with Gasteiger partial charge in [0.1, 0.15) is 17.8 Å². The lowest BCUT2D eigenvalue weighted by molar-refractivity contribution is -0.0946. The molecule has 9 nitrogen and oxygen atoms in total. The number of rotatable bonds is 11. The first-order valence-electron chi connectivity index (χ1n) is 15.6. The fraction of sp³-hybridized carbons (Fsp3) is 0.371. The number of aromatic hydroxyl groups is 1. The maximum absolute atomic E-state index is 15.5. The van der Waals surface area contributed by atoms with Gasteiger partial charge >= 0.3 is 0 Å². The molecule has 3 aromatic carbocycles. The maximum Gasteiger partial charge on any atom is 0.267 e. The number of nitrogens with one attached hydrogen (secondary N) is 3. The average Bonchev–Trinajstić information content (AvgIpc) is 3.04. The van der Waals surface area contributed by atoms with E-state index in [4.69, 9.17) is 21.7 Å².